The second-order valence-electron chi connectivity index (χ2n) is 4.86. The van der Waals surface area contributed by atoms with Gasteiger partial charge >= 0.3 is 0 Å². The van der Waals surface area contributed by atoms with Gasteiger partial charge in [0.15, 0.2) is 0 Å². The predicted octanol–water partition coefficient (Wildman–Crippen LogP) is 2.77. The minimum absolute atomic E-state index is 0.0506. The van der Waals surface area contributed by atoms with Crippen molar-refractivity contribution in [1.29, 1.82) is 0 Å². The molecule has 2 unspecified atom stereocenters. The first-order chi connectivity index (χ1) is 8.55. The van der Waals surface area contributed by atoms with Crippen LogP contribution in [0, 0.1) is 0 Å². The fraction of sp³-hybridized carbons (Fsp3) is 0.600. The molecule has 0 aliphatic heterocycles. The third-order valence-electron chi connectivity index (χ3n) is 3.86. The zero-order chi connectivity index (χ0) is 13.6. The topological polar surface area (TPSA) is 44.5 Å². The Morgan fingerprint density at radius 3 is 2.28 bits per heavy atom. The van der Waals surface area contributed by atoms with E-state index in [1.54, 1.807) is 14.2 Å². The molecule has 0 radical (unpaired) electrons. The molecule has 0 heterocycles. The Balaban J connectivity index is 2.53. The molecule has 0 aromatic heterocycles. The van der Waals surface area contributed by atoms with Gasteiger partial charge in [-0.25, -0.2) is 0 Å². The molecule has 0 aliphatic carbocycles. The van der Waals surface area contributed by atoms with Gasteiger partial charge in [-0.2, -0.15) is 0 Å². The van der Waals surface area contributed by atoms with Crippen molar-refractivity contribution in [2.24, 2.45) is 5.73 Å². The Morgan fingerprint density at radius 1 is 1.22 bits per heavy atom. The summed E-state index contributed by atoms with van der Waals surface area (Å²) in [6.45, 7) is 4.18. The Morgan fingerprint density at radius 2 is 1.83 bits per heavy atom. The quantitative estimate of drug-likeness (QED) is 0.810. The number of hydrogen-bond donors (Lipinski definition) is 1. The van der Waals surface area contributed by atoms with Crippen LogP contribution in [0.25, 0.3) is 0 Å². The van der Waals surface area contributed by atoms with Crippen LogP contribution < -0.4 is 10.5 Å². The minimum atomic E-state index is -0.230. The standard InChI is InChI=1S/C15H25NO2/c1-5-15(2,18-4)14(16)11-8-12-6-9-13(17-3)10-7-12/h6-7,9-10,14H,5,8,11,16H2,1-4H3. The molecule has 1 aromatic rings. The Labute approximate surface area is 110 Å². The first-order valence-electron chi connectivity index (χ1n) is 6.49. The lowest BCUT2D eigenvalue weighted by atomic mass is 9.89. The molecule has 3 heteroatoms. The third-order valence-corrected chi connectivity index (χ3v) is 3.86. The van der Waals surface area contributed by atoms with E-state index in [2.05, 4.69) is 26.0 Å². The first-order valence-corrected chi connectivity index (χ1v) is 6.49. The molecule has 102 valence electrons. The summed E-state index contributed by atoms with van der Waals surface area (Å²) in [6.07, 6.45) is 2.81. The van der Waals surface area contributed by atoms with Crippen LogP contribution in [0.15, 0.2) is 24.3 Å². The van der Waals surface area contributed by atoms with Crippen molar-refractivity contribution >= 4 is 0 Å². The number of methoxy groups -OCH3 is 2. The Hall–Kier alpha value is -1.06. The minimum Gasteiger partial charge on any atom is -0.497 e. The van der Waals surface area contributed by atoms with Gasteiger partial charge < -0.3 is 15.2 Å². The second kappa shape index (κ2) is 6.76. The van der Waals surface area contributed by atoms with E-state index in [4.69, 9.17) is 15.2 Å². The molecular formula is C15H25NO2. The SMILES string of the molecule is CCC(C)(OC)C(N)CCc1ccc(OC)cc1. The van der Waals surface area contributed by atoms with Crippen LogP contribution in [-0.4, -0.2) is 25.9 Å². The number of rotatable bonds is 7. The summed E-state index contributed by atoms with van der Waals surface area (Å²) < 4.78 is 10.7. The molecule has 0 amide bonds. The second-order valence-corrected chi connectivity index (χ2v) is 4.86. The number of nitrogens with two attached hydrogens (primary N) is 1. The van der Waals surface area contributed by atoms with E-state index in [1.807, 2.05) is 12.1 Å². The largest absolute Gasteiger partial charge is 0.497 e. The van der Waals surface area contributed by atoms with Crippen LogP contribution in [0.3, 0.4) is 0 Å². The van der Waals surface area contributed by atoms with Crippen molar-refractivity contribution in [3.63, 3.8) is 0 Å². The number of aryl methyl sites for hydroxylation is 1. The normalized spacial score (nSPS) is 16.1. The van der Waals surface area contributed by atoms with E-state index in [0.717, 1.165) is 25.0 Å². The zero-order valence-corrected chi connectivity index (χ0v) is 11.9. The summed E-state index contributed by atoms with van der Waals surface area (Å²) >= 11 is 0. The van der Waals surface area contributed by atoms with Gasteiger partial charge in [0.25, 0.3) is 0 Å². The van der Waals surface area contributed by atoms with Crippen LogP contribution in [0.4, 0.5) is 0 Å². The highest BCUT2D eigenvalue weighted by atomic mass is 16.5. The molecule has 1 rings (SSSR count). The maximum absolute atomic E-state index is 6.23. The molecule has 0 saturated carbocycles. The van der Waals surface area contributed by atoms with E-state index < -0.39 is 0 Å². The van der Waals surface area contributed by atoms with Gasteiger partial charge in [-0.05, 0) is 43.9 Å². The zero-order valence-electron chi connectivity index (χ0n) is 11.9. The summed E-state index contributed by atoms with van der Waals surface area (Å²) in [5.41, 5.74) is 7.28. The average Bonchev–Trinajstić information content (AvgIpc) is 2.44. The fourth-order valence-corrected chi connectivity index (χ4v) is 1.98. The van der Waals surface area contributed by atoms with E-state index >= 15 is 0 Å². The van der Waals surface area contributed by atoms with E-state index in [1.165, 1.54) is 5.56 Å². The molecule has 0 saturated heterocycles. The maximum Gasteiger partial charge on any atom is 0.118 e. The molecule has 3 nitrogen and oxygen atoms in total. The molecule has 0 fully saturated rings. The Kier molecular flexibility index (Phi) is 5.63. The van der Waals surface area contributed by atoms with Gasteiger partial charge in [0.05, 0.1) is 12.7 Å². The van der Waals surface area contributed by atoms with Gasteiger partial charge in [0, 0.05) is 13.2 Å². The average molecular weight is 251 g/mol. The monoisotopic (exact) mass is 251 g/mol. The lowest BCUT2D eigenvalue weighted by Crippen LogP contribution is -2.46. The van der Waals surface area contributed by atoms with Crippen LogP contribution in [0.1, 0.15) is 32.3 Å². The summed E-state index contributed by atoms with van der Waals surface area (Å²) in [6, 6.07) is 8.19. The lowest BCUT2D eigenvalue weighted by molar-refractivity contribution is -0.0204. The molecule has 0 spiro atoms. The highest BCUT2D eigenvalue weighted by Gasteiger charge is 2.29. The van der Waals surface area contributed by atoms with Crippen molar-refractivity contribution in [2.45, 2.75) is 44.8 Å². The van der Waals surface area contributed by atoms with E-state index in [9.17, 15) is 0 Å². The predicted molar refractivity (Wildman–Crippen MR) is 75.0 cm³/mol. The van der Waals surface area contributed by atoms with Crippen molar-refractivity contribution in [3.05, 3.63) is 29.8 Å². The molecule has 1 aromatic carbocycles. The van der Waals surface area contributed by atoms with Crippen molar-refractivity contribution in [3.8, 4) is 5.75 Å². The van der Waals surface area contributed by atoms with Gasteiger partial charge in [0.1, 0.15) is 5.75 Å². The summed E-state index contributed by atoms with van der Waals surface area (Å²) in [5, 5.41) is 0. The fourth-order valence-electron chi connectivity index (χ4n) is 1.98. The summed E-state index contributed by atoms with van der Waals surface area (Å²) in [7, 11) is 3.41. The van der Waals surface area contributed by atoms with E-state index in [0.29, 0.717) is 0 Å². The molecule has 0 bridgehead atoms. The van der Waals surface area contributed by atoms with Gasteiger partial charge in [-0.1, -0.05) is 19.1 Å². The van der Waals surface area contributed by atoms with Crippen LogP contribution >= 0.6 is 0 Å². The Bertz CT molecular complexity index is 344. The van der Waals surface area contributed by atoms with Crippen LogP contribution in [-0.2, 0) is 11.2 Å². The molecule has 0 aliphatic rings. The molecule has 2 N–H and O–H groups in total. The van der Waals surface area contributed by atoms with Crippen molar-refractivity contribution in [1.82, 2.24) is 0 Å². The molecule has 2 atom stereocenters. The number of benzene rings is 1. The summed E-state index contributed by atoms with van der Waals surface area (Å²) in [4.78, 5) is 0. The van der Waals surface area contributed by atoms with Gasteiger partial charge in [-0.3, -0.25) is 0 Å². The van der Waals surface area contributed by atoms with Crippen LogP contribution in [0.5, 0.6) is 5.75 Å². The molecular weight excluding hydrogens is 226 g/mol. The van der Waals surface area contributed by atoms with Crippen molar-refractivity contribution in [2.75, 3.05) is 14.2 Å². The maximum atomic E-state index is 6.23. The number of hydrogen-bond acceptors (Lipinski definition) is 3. The van der Waals surface area contributed by atoms with Crippen LogP contribution in [0.2, 0.25) is 0 Å². The highest BCUT2D eigenvalue weighted by molar-refractivity contribution is 5.27. The highest BCUT2D eigenvalue weighted by Crippen LogP contribution is 2.21. The van der Waals surface area contributed by atoms with Gasteiger partial charge in [0.2, 0.25) is 0 Å². The number of ether oxygens (including phenoxy) is 2. The summed E-state index contributed by atoms with van der Waals surface area (Å²) in [5.74, 6) is 0.887. The molecule has 18 heavy (non-hydrogen) atoms. The van der Waals surface area contributed by atoms with E-state index in [-0.39, 0.29) is 11.6 Å². The lowest BCUT2D eigenvalue weighted by Gasteiger charge is -2.33. The van der Waals surface area contributed by atoms with Gasteiger partial charge in [-0.15, -0.1) is 0 Å². The first kappa shape index (κ1) is 15.0. The van der Waals surface area contributed by atoms with Crippen molar-refractivity contribution < 1.29 is 9.47 Å². The third kappa shape index (κ3) is 3.72. The smallest absolute Gasteiger partial charge is 0.118 e.